The predicted molar refractivity (Wildman–Crippen MR) is 114 cm³/mol. The van der Waals surface area contributed by atoms with Crippen LogP contribution in [0.1, 0.15) is 42.7 Å². The Bertz CT molecular complexity index is 833. The monoisotopic (exact) mass is 433 g/mol. The Labute approximate surface area is 178 Å². The Morgan fingerprint density at radius 3 is 2.57 bits per heavy atom. The van der Waals surface area contributed by atoms with E-state index in [1.165, 1.54) is 0 Å². The molecular weight excluding hydrogens is 402 g/mol. The minimum absolute atomic E-state index is 0.0509. The lowest BCUT2D eigenvalue weighted by atomic mass is 9.58. The van der Waals surface area contributed by atoms with Crippen LogP contribution in [0.25, 0.3) is 0 Å². The van der Waals surface area contributed by atoms with Gasteiger partial charge in [0.05, 0.1) is 31.1 Å². The highest BCUT2D eigenvalue weighted by Crippen LogP contribution is 2.52. The molecule has 1 unspecified atom stereocenters. The van der Waals surface area contributed by atoms with Crippen molar-refractivity contribution in [1.29, 1.82) is 0 Å². The third kappa shape index (κ3) is 4.69. The SMILES string of the molecule is CCCOC(=O)N[C@H]1[C@H](C(=O)OCC[Si](C)(C)C)C2CC(=O)[C@H]1c1cc(O)ccc12. The second-order valence-corrected chi connectivity index (χ2v) is 15.0. The topological polar surface area (TPSA) is 102 Å². The molecule has 1 fully saturated rings. The highest BCUT2D eigenvalue weighted by atomic mass is 28.3. The van der Waals surface area contributed by atoms with E-state index in [1.54, 1.807) is 18.2 Å². The van der Waals surface area contributed by atoms with Crippen molar-refractivity contribution in [2.24, 2.45) is 5.92 Å². The fraction of sp³-hybridized carbons (Fsp3) is 0.591. The molecule has 0 heterocycles. The van der Waals surface area contributed by atoms with Crippen molar-refractivity contribution < 1.29 is 29.0 Å². The Morgan fingerprint density at radius 1 is 1.17 bits per heavy atom. The fourth-order valence-electron chi connectivity index (χ4n) is 4.38. The van der Waals surface area contributed by atoms with Gasteiger partial charge in [-0.05, 0) is 35.7 Å². The van der Waals surface area contributed by atoms with Gasteiger partial charge in [0.15, 0.2) is 0 Å². The lowest BCUT2D eigenvalue weighted by Gasteiger charge is -2.47. The molecule has 30 heavy (non-hydrogen) atoms. The van der Waals surface area contributed by atoms with Gasteiger partial charge >= 0.3 is 12.1 Å². The average molecular weight is 434 g/mol. The van der Waals surface area contributed by atoms with Gasteiger partial charge in [0, 0.05) is 20.4 Å². The number of carbonyl (C=O) groups excluding carboxylic acids is 3. The van der Waals surface area contributed by atoms with Gasteiger partial charge in [-0.3, -0.25) is 9.59 Å². The van der Waals surface area contributed by atoms with E-state index in [2.05, 4.69) is 25.0 Å². The van der Waals surface area contributed by atoms with Gasteiger partial charge < -0.3 is 19.9 Å². The summed E-state index contributed by atoms with van der Waals surface area (Å²) in [6.45, 7) is 9.10. The molecule has 2 N–H and O–H groups in total. The van der Waals surface area contributed by atoms with E-state index < -0.39 is 43.9 Å². The standard InChI is InChI=1S/C22H31NO6Si/c1-5-8-29-22(27)23-20-18-15-11-13(24)6-7-14(15)16(12-17(18)25)19(20)21(26)28-9-10-30(2,3)4/h6-7,11,16,18-20,24H,5,8-10,12H2,1-4H3,(H,23,27)/t16?,18-,19-,20-/m1/s1. The number of ketones is 1. The Morgan fingerprint density at radius 2 is 1.90 bits per heavy atom. The predicted octanol–water partition coefficient (Wildman–Crippen LogP) is 3.55. The summed E-state index contributed by atoms with van der Waals surface area (Å²) in [5.74, 6) is -2.16. The van der Waals surface area contributed by atoms with Crippen LogP contribution in [-0.2, 0) is 19.1 Å². The number of alkyl carbamates (subject to hydrolysis) is 1. The Hall–Kier alpha value is -2.35. The van der Waals surface area contributed by atoms with Gasteiger partial charge in [-0.2, -0.15) is 0 Å². The normalized spacial score (nSPS) is 24.9. The van der Waals surface area contributed by atoms with Gasteiger partial charge in [-0.25, -0.2) is 4.79 Å². The molecule has 1 aromatic carbocycles. The molecule has 1 aromatic rings. The molecule has 0 aliphatic heterocycles. The van der Waals surface area contributed by atoms with Crippen LogP contribution >= 0.6 is 0 Å². The number of phenols is 1. The molecule has 4 rings (SSSR count). The maximum atomic E-state index is 13.1. The highest BCUT2D eigenvalue weighted by molar-refractivity contribution is 6.76. The maximum Gasteiger partial charge on any atom is 0.407 e. The maximum absolute atomic E-state index is 13.1. The summed E-state index contributed by atoms with van der Waals surface area (Å²) < 4.78 is 10.8. The minimum atomic E-state index is -1.37. The van der Waals surface area contributed by atoms with Crippen LogP contribution in [0.3, 0.4) is 0 Å². The lowest BCUT2D eigenvalue weighted by molar-refractivity contribution is -0.152. The summed E-state index contributed by atoms with van der Waals surface area (Å²) in [5.41, 5.74) is 1.53. The third-order valence-corrected chi connectivity index (χ3v) is 7.55. The van der Waals surface area contributed by atoms with Crippen LogP contribution in [0.2, 0.25) is 25.7 Å². The van der Waals surface area contributed by atoms with Crippen molar-refractivity contribution in [3.63, 3.8) is 0 Å². The molecule has 0 radical (unpaired) electrons. The number of benzene rings is 1. The first kappa shape index (κ1) is 22.3. The summed E-state index contributed by atoms with van der Waals surface area (Å²) in [7, 11) is -1.37. The zero-order valence-electron chi connectivity index (χ0n) is 18.1. The summed E-state index contributed by atoms with van der Waals surface area (Å²) in [5, 5.41) is 12.7. The molecule has 1 amide bonds. The van der Waals surface area contributed by atoms with Crippen LogP contribution in [0.15, 0.2) is 18.2 Å². The second kappa shape index (κ2) is 8.79. The molecule has 164 valence electrons. The molecule has 2 bridgehead atoms. The second-order valence-electron chi connectivity index (χ2n) is 9.38. The molecule has 1 saturated carbocycles. The number of ether oxygens (including phenoxy) is 2. The summed E-state index contributed by atoms with van der Waals surface area (Å²) in [4.78, 5) is 38.2. The van der Waals surface area contributed by atoms with Gasteiger partial charge in [-0.1, -0.05) is 32.6 Å². The van der Waals surface area contributed by atoms with E-state index in [-0.39, 0.29) is 24.6 Å². The van der Waals surface area contributed by atoms with Crippen molar-refractivity contribution in [3.8, 4) is 5.75 Å². The number of nitrogens with one attached hydrogen (secondary N) is 1. The quantitative estimate of drug-likeness (QED) is 0.504. The molecule has 8 heteroatoms. The number of rotatable bonds is 7. The number of hydrogen-bond donors (Lipinski definition) is 2. The number of phenolic OH excluding ortho intramolecular Hbond substituents is 1. The largest absolute Gasteiger partial charge is 0.508 e. The van der Waals surface area contributed by atoms with Gasteiger partial charge in [0.25, 0.3) is 0 Å². The third-order valence-electron chi connectivity index (χ3n) is 5.84. The highest BCUT2D eigenvalue weighted by Gasteiger charge is 2.55. The first-order chi connectivity index (χ1) is 14.1. The number of fused-ring (bicyclic) bond motifs is 2. The van der Waals surface area contributed by atoms with E-state index in [1.807, 2.05) is 6.92 Å². The number of amides is 1. The molecule has 0 saturated heterocycles. The van der Waals surface area contributed by atoms with Crippen LogP contribution in [0, 0.1) is 5.92 Å². The number of hydrogen-bond acceptors (Lipinski definition) is 6. The number of esters is 1. The van der Waals surface area contributed by atoms with Crippen molar-refractivity contribution >= 4 is 25.9 Å². The zero-order chi connectivity index (χ0) is 22.1. The van der Waals surface area contributed by atoms with Crippen molar-refractivity contribution in [2.75, 3.05) is 13.2 Å². The minimum Gasteiger partial charge on any atom is -0.508 e. The molecule has 3 aliphatic carbocycles. The zero-order valence-corrected chi connectivity index (χ0v) is 19.1. The Kier molecular flexibility index (Phi) is 6.55. The fourth-order valence-corrected chi connectivity index (χ4v) is 5.09. The summed E-state index contributed by atoms with van der Waals surface area (Å²) >= 11 is 0. The average Bonchev–Trinajstić information content (AvgIpc) is 2.64. The molecule has 7 nitrogen and oxygen atoms in total. The van der Waals surface area contributed by atoms with Crippen LogP contribution in [0.4, 0.5) is 4.79 Å². The molecular formula is C22H31NO6Si. The number of Topliss-reactive ketones (excluding diaryl/α,β-unsaturated/α-hetero) is 1. The number of carbonyl (C=O) groups is 3. The van der Waals surface area contributed by atoms with Crippen LogP contribution in [0.5, 0.6) is 5.75 Å². The van der Waals surface area contributed by atoms with Gasteiger partial charge in [-0.15, -0.1) is 0 Å². The summed E-state index contributed by atoms with van der Waals surface area (Å²) in [6, 6.07) is 4.98. The van der Waals surface area contributed by atoms with E-state index in [0.717, 1.165) is 11.6 Å². The Balaban J connectivity index is 1.90. The molecule has 4 atom stereocenters. The first-order valence-electron chi connectivity index (χ1n) is 10.6. The van der Waals surface area contributed by atoms with Crippen LogP contribution < -0.4 is 5.32 Å². The van der Waals surface area contributed by atoms with Crippen molar-refractivity contribution in [3.05, 3.63) is 29.3 Å². The van der Waals surface area contributed by atoms with E-state index in [4.69, 9.17) is 9.47 Å². The van der Waals surface area contributed by atoms with E-state index >= 15 is 0 Å². The molecule has 0 aromatic heterocycles. The molecule has 0 spiro atoms. The van der Waals surface area contributed by atoms with Gasteiger partial charge in [0.2, 0.25) is 0 Å². The van der Waals surface area contributed by atoms with Gasteiger partial charge in [0.1, 0.15) is 11.5 Å². The van der Waals surface area contributed by atoms with E-state index in [9.17, 15) is 19.5 Å². The smallest absolute Gasteiger partial charge is 0.407 e. The molecule has 3 aliphatic rings. The summed E-state index contributed by atoms with van der Waals surface area (Å²) in [6.07, 6.45) is 0.240. The number of aromatic hydroxyl groups is 1. The van der Waals surface area contributed by atoms with E-state index in [0.29, 0.717) is 18.6 Å². The van der Waals surface area contributed by atoms with Crippen LogP contribution in [-0.4, -0.2) is 50.3 Å². The van der Waals surface area contributed by atoms with Crippen molar-refractivity contribution in [1.82, 2.24) is 5.32 Å². The first-order valence-corrected chi connectivity index (χ1v) is 14.3. The van der Waals surface area contributed by atoms with Crippen molar-refractivity contribution in [2.45, 2.75) is 63.3 Å². The lowest BCUT2D eigenvalue weighted by Crippen LogP contribution is -2.58.